The standard InChI is InChI=1S/C22H17FN2O2/c23-18-10-6-17(7-11-18)20-14-21(27-25-20)22(26)24-19-12-8-16(9-13-19)15-4-2-1-3-5-15/h1-13,21H,14H2,(H,24,26)/t21-/m1/s1. The van der Waals surface area contributed by atoms with E-state index in [-0.39, 0.29) is 11.7 Å². The highest BCUT2D eigenvalue weighted by molar-refractivity contribution is 6.06. The monoisotopic (exact) mass is 360 g/mol. The van der Waals surface area contributed by atoms with Crippen LogP contribution in [0.3, 0.4) is 0 Å². The lowest BCUT2D eigenvalue weighted by molar-refractivity contribution is -0.125. The van der Waals surface area contributed by atoms with Crippen LogP contribution in [0.5, 0.6) is 0 Å². The first-order chi connectivity index (χ1) is 13.2. The highest BCUT2D eigenvalue weighted by Gasteiger charge is 2.28. The van der Waals surface area contributed by atoms with E-state index in [0.717, 1.165) is 16.7 Å². The van der Waals surface area contributed by atoms with Gasteiger partial charge in [0.15, 0.2) is 0 Å². The topological polar surface area (TPSA) is 50.7 Å². The van der Waals surface area contributed by atoms with E-state index in [2.05, 4.69) is 10.5 Å². The van der Waals surface area contributed by atoms with Crippen LogP contribution in [0.4, 0.5) is 10.1 Å². The van der Waals surface area contributed by atoms with Crippen LogP contribution in [0.1, 0.15) is 12.0 Å². The van der Waals surface area contributed by atoms with Crippen molar-refractivity contribution in [2.24, 2.45) is 5.16 Å². The van der Waals surface area contributed by atoms with Gasteiger partial charge in [0.05, 0.1) is 5.71 Å². The van der Waals surface area contributed by atoms with Crippen molar-refractivity contribution in [3.05, 3.63) is 90.2 Å². The van der Waals surface area contributed by atoms with Crippen molar-refractivity contribution in [1.29, 1.82) is 0 Å². The molecule has 1 atom stereocenters. The van der Waals surface area contributed by atoms with Gasteiger partial charge < -0.3 is 10.2 Å². The SMILES string of the molecule is O=C(Nc1ccc(-c2ccccc2)cc1)[C@H]1CC(c2ccc(F)cc2)=NO1. The molecular weight excluding hydrogens is 343 g/mol. The number of nitrogens with one attached hydrogen (secondary N) is 1. The molecule has 0 spiro atoms. The number of hydrogen-bond acceptors (Lipinski definition) is 3. The second kappa shape index (κ2) is 7.41. The Morgan fingerprint density at radius 2 is 1.52 bits per heavy atom. The van der Waals surface area contributed by atoms with E-state index in [4.69, 9.17) is 4.84 Å². The maximum Gasteiger partial charge on any atom is 0.268 e. The van der Waals surface area contributed by atoms with Crippen molar-refractivity contribution < 1.29 is 14.0 Å². The van der Waals surface area contributed by atoms with Crippen LogP contribution >= 0.6 is 0 Å². The molecule has 0 aliphatic carbocycles. The Morgan fingerprint density at radius 1 is 0.889 bits per heavy atom. The summed E-state index contributed by atoms with van der Waals surface area (Å²) in [5.41, 5.74) is 4.27. The van der Waals surface area contributed by atoms with Gasteiger partial charge in [-0.3, -0.25) is 4.79 Å². The van der Waals surface area contributed by atoms with Crippen molar-refractivity contribution >= 4 is 17.3 Å². The normalized spacial score (nSPS) is 15.7. The molecule has 0 saturated heterocycles. The van der Waals surface area contributed by atoms with E-state index in [9.17, 15) is 9.18 Å². The number of rotatable bonds is 4. The fourth-order valence-electron chi connectivity index (χ4n) is 2.93. The van der Waals surface area contributed by atoms with E-state index >= 15 is 0 Å². The molecule has 0 saturated carbocycles. The number of anilines is 1. The van der Waals surface area contributed by atoms with Gasteiger partial charge >= 0.3 is 0 Å². The minimum Gasteiger partial charge on any atom is -0.382 e. The van der Waals surface area contributed by atoms with Gasteiger partial charge in [-0.15, -0.1) is 0 Å². The number of nitrogens with zero attached hydrogens (tertiary/aromatic N) is 1. The first kappa shape index (κ1) is 17.0. The molecule has 134 valence electrons. The average molecular weight is 360 g/mol. The number of carbonyl (C=O) groups excluding carboxylic acids is 1. The van der Waals surface area contributed by atoms with Crippen molar-refractivity contribution in [3.8, 4) is 11.1 Å². The van der Waals surface area contributed by atoms with E-state index in [1.54, 1.807) is 12.1 Å². The zero-order valence-electron chi connectivity index (χ0n) is 14.4. The molecule has 3 aromatic carbocycles. The van der Waals surface area contributed by atoms with Gasteiger partial charge in [-0.05, 0) is 41.0 Å². The smallest absolute Gasteiger partial charge is 0.268 e. The van der Waals surface area contributed by atoms with Crippen LogP contribution in [-0.4, -0.2) is 17.7 Å². The molecule has 0 aromatic heterocycles. The summed E-state index contributed by atoms with van der Waals surface area (Å²) in [5.74, 6) is -0.574. The number of oxime groups is 1. The molecule has 1 N–H and O–H groups in total. The summed E-state index contributed by atoms with van der Waals surface area (Å²) in [6.45, 7) is 0. The molecular formula is C22H17FN2O2. The number of halogens is 1. The zero-order chi connectivity index (χ0) is 18.6. The van der Waals surface area contributed by atoms with Gasteiger partial charge in [0.2, 0.25) is 6.10 Å². The van der Waals surface area contributed by atoms with Crippen LogP contribution in [0, 0.1) is 5.82 Å². The number of hydrogen-bond donors (Lipinski definition) is 1. The van der Waals surface area contributed by atoms with Gasteiger partial charge in [0, 0.05) is 12.1 Å². The van der Waals surface area contributed by atoms with Crippen molar-refractivity contribution in [2.45, 2.75) is 12.5 Å². The van der Waals surface area contributed by atoms with Crippen LogP contribution in [0.2, 0.25) is 0 Å². The molecule has 0 bridgehead atoms. The zero-order valence-corrected chi connectivity index (χ0v) is 14.4. The Kier molecular flexibility index (Phi) is 4.66. The predicted octanol–water partition coefficient (Wildman–Crippen LogP) is 4.62. The molecule has 1 aliphatic rings. The lowest BCUT2D eigenvalue weighted by atomic mass is 10.0. The number of benzene rings is 3. The van der Waals surface area contributed by atoms with Crippen LogP contribution in [-0.2, 0) is 9.63 Å². The first-order valence-electron chi connectivity index (χ1n) is 8.64. The highest BCUT2D eigenvalue weighted by atomic mass is 19.1. The Bertz CT molecular complexity index is 967. The largest absolute Gasteiger partial charge is 0.382 e. The molecule has 0 unspecified atom stereocenters. The molecule has 3 aromatic rings. The van der Waals surface area contributed by atoms with Crippen molar-refractivity contribution in [2.75, 3.05) is 5.32 Å². The molecule has 0 radical (unpaired) electrons. The maximum absolute atomic E-state index is 13.0. The lowest BCUT2D eigenvalue weighted by Gasteiger charge is -2.10. The molecule has 0 fully saturated rings. The Morgan fingerprint density at radius 3 is 2.22 bits per heavy atom. The molecule has 1 aliphatic heterocycles. The molecule has 4 rings (SSSR count). The number of amides is 1. The Hall–Kier alpha value is -3.47. The summed E-state index contributed by atoms with van der Waals surface area (Å²) in [6, 6.07) is 23.6. The van der Waals surface area contributed by atoms with Gasteiger partial charge in [-0.1, -0.05) is 59.8 Å². The highest BCUT2D eigenvalue weighted by Crippen LogP contribution is 2.22. The second-order valence-electron chi connectivity index (χ2n) is 6.28. The Balaban J connectivity index is 1.38. The second-order valence-corrected chi connectivity index (χ2v) is 6.28. The maximum atomic E-state index is 13.0. The summed E-state index contributed by atoms with van der Waals surface area (Å²) >= 11 is 0. The predicted molar refractivity (Wildman–Crippen MR) is 103 cm³/mol. The summed E-state index contributed by atoms with van der Waals surface area (Å²) in [5, 5.41) is 6.81. The minimum atomic E-state index is -0.696. The lowest BCUT2D eigenvalue weighted by Crippen LogP contribution is -2.28. The fourth-order valence-corrected chi connectivity index (χ4v) is 2.93. The third kappa shape index (κ3) is 3.87. The summed E-state index contributed by atoms with van der Waals surface area (Å²) in [6.07, 6.45) is -0.349. The van der Waals surface area contributed by atoms with E-state index < -0.39 is 6.10 Å². The van der Waals surface area contributed by atoms with E-state index in [1.807, 2.05) is 54.6 Å². The third-order valence-electron chi connectivity index (χ3n) is 4.40. The summed E-state index contributed by atoms with van der Waals surface area (Å²) in [4.78, 5) is 17.7. The third-order valence-corrected chi connectivity index (χ3v) is 4.40. The van der Waals surface area contributed by atoms with Crippen molar-refractivity contribution in [3.63, 3.8) is 0 Å². The van der Waals surface area contributed by atoms with Gasteiger partial charge in [0.25, 0.3) is 5.91 Å². The molecule has 4 nitrogen and oxygen atoms in total. The van der Waals surface area contributed by atoms with Gasteiger partial charge in [0.1, 0.15) is 5.82 Å². The van der Waals surface area contributed by atoms with Crippen LogP contribution in [0.15, 0.2) is 84.0 Å². The first-order valence-corrected chi connectivity index (χ1v) is 8.64. The fraction of sp³-hybridized carbons (Fsp3) is 0.0909. The number of carbonyl (C=O) groups is 1. The molecule has 5 heteroatoms. The van der Waals surface area contributed by atoms with Gasteiger partial charge in [-0.25, -0.2) is 4.39 Å². The summed E-state index contributed by atoms with van der Waals surface area (Å²) < 4.78 is 13.0. The Labute approximate surface area is 156 Å². The summed E-state index contributed by atoms with van der Waals surface area (Å²) in [7, 11) is 0. The van der Waals surface area contributed by atoms with Gasteiger partial charge in [-0.2, -0.15) is 0 Å². The van der Waals surface area contributed by atoms with E-state index in [1.165, 1.54) is 12.1 Å². The van der Waals surface area contributed by atoms with Crippen molar-refractivity contribution in [1.82, 2.24) is 0 Å². The average Bonchev–Trinajstić information content (AvgIpc) is 3.20. The van der Waals surface area contributed by atoms with Crippen LogP contribution < -0.4 is 5.32 Å². The molecule has 1 amide bonds. The molecule has 1 heterocycles. The quantitative estimate of drug-likeness (QED) is 0.738. The molecule has 27 heavy (non-hydrogen) atoms. The van der Waals surface area contributed by atoms with E-state index in [0.29, 0.717) is 17.8 Å². The minimum absolute atomic E-state index is 0.261. The van der Waals surface area contributed by atoms with Crippen LogP contribution in [0.25, 0.3) is 11.1 Å².